The zero-order valence-corrected chi connectivity index (χ0v) is 18.9. The fourth-order valence-electron chi connectivity index (χ4n) is 2.93. The summed E-state index contributed by atoms with van der Waals surface area (Å²) in [5, 5.41) is 30.8. The molecule has 4 N–H and O–H groups in total. The first kappa shape index (κ1) is 26.5. The van der Waals surface area contributed by atoms with E-state index >= 15 is 0 Å². The molecule has 8 nitrogen and oxygen atoms in total. The minimum absolute atomic E-state index is 0. The molecule has 3 aromatic carbocycles. The van der Waals surface area contributed by atoms with E-state index in [2.05, 4.69) is 23.2 Å². The standard InChI is InChI=1S/C21H22N2O2.Cu.H2O4S/c1-4-5-15-7-9-19(24)18(12-15)22-23-20-17-8-6-13(2)10-16(17)11-14(3)21(20)25;;1-5(2,3)4/h6-12,24-25H,4-5H2,1-3H3;;(H2,1,2,3,4). The quantitative estimate of drug-likeness (QED) is 0.211. The van der Waals surface area contributed by atoms with E-state index in [0.717, 1.165) is 40.3 Å². The fourth-order valence-corrected chi connectivity index (χ4v) is 2.93. The second-order valence-electron chi connectivity index (χ2n) is 6.84. The molecule has 0 amide bonds. The van der Waals surface area contributed by atoms with Gasteiger partial charge in [0.1, 0.15) is 22.9 Å². The van der Waals surface area contributed by atoms with Gasteiger partial charge in [-0.3, -0.25) is 9.11 Å². The molecule has 0 heterocycles. The van der Waals surface area contributed by atoms with Gasteiger partial charge in [0.05, 0.1) is 0 Å². The fraction of sp³-hybridized carbons (Fsp3) is 0.238. The van der Waals surface area contributed by atoms with Crippen molar-refractivity contribution in [2.45, 2.75) is 33.6 Å². The number of rotatable bonds is 4. The van der Waals surface area contributed by atoms with Gasteiger partial charge in [0.15, 0.2) is 0 Å². The first-order chi connectivity index (χ1) is 14.0. The van der Waals surface area contributed by atoms with Crippen LogP contribution in [0.15, 0.2) is 52.7 Å². The second kappa shape index (κ2) is 11.2. The van der Waals surface area contributed by atoms with Crippen LogP contribution < -0.4 is 0 Å². The maximum atomic E-state index is 10.4. The Bertz CT molecular complexity index is 1190. The molecule has 0 saturated heterocycles. The van der Waals surface area contributed by atoms with Gasteiger partial charge in [0, 0.05) is 22.5 Å². The Hall–Kier alpha value is -2.49. The van der Waals surface area contributed by atoms with Crippen LogP contribution in [0.25, 0.3) is 10.8 Å². The van der Waals surface area contributed by atoms with Gasteiger partial charge in [-0.1, -0.05) is 43.2 Å². The summed E-state index contributed by atoms with van der Waals surface area (Å²) in [5.41, 5.74) is 3.83. The Labute approximate surface area is 191 Å². The normalized spacial score (nSPS) is 11.1. The Morgan fingerprint density at radius 3 is 2.19 bits per heavy atom. The average molecular weight is 496 g/mol. The SMILES string of the molecule is CCCc1ccc(O)c(N=Nc2c(O)c(C)cc3cc(C)ccc23)c1.O=S(=O)(O)O.[Cu]. The summed E-state index contributed by atoms with van der Waals surface area (Å²) >= 11 is 0. The van der Waals surface area contributed by atoms with E-state index in [9.17, 15) is 10.2 Å². The topological polar surface area (TPSA) is 140 Å². The van der Waals surface area contributed by atoms with Gasteiger partial charge in [0.25, 0.3) is 0 Å². The smallest absolute Gasteiger partial charge is 0.394 e. The number of phenolic OH excluding ortho intramolecular Hbond substituents is 2. The number of fused-ring (bicyclic) bond motifs is 1. The number of aromatic hydroxyl groups is 2. The van der Waals surface area contributed by atoms with Gasteiger partial charge in [-0.15, -0.1) is 10.2 Å². The summed E-state index contributed by atoms with van der Waals surface area (Å²) in [6.45, 7) is 5.97. The summed E-state index contributed by atoms with van der Waals surface area (Å²) in [6.07, 6.45) is 1.94. The maximum absolute atomic E-state index is 10.4. The van der Waals surface area contributed by atoms with E-state index in [1.165, 1.54) is 0 Å². The van der Waals surface area contributed by atoms with Crippen molar-refractivity contribution in [3.8, 4) is 11.5 Å². The number of hydrogen-bond donors (Lipinski definition) is 4. The molecule has 0 aliphatic carbocycles. The van der Waals surface area contributed by atoms with Crippen LogP contribution in [0.5, 0.6) is 11.5 Å². The summed E-state index contributed by atoms with van der Waals surface area (Å²) in [4.78, 5) is 0. The van der Waals surface area contributed by atoms with Crippen molar-refractivity contribution in [1.82, 2.24) is 0 Å². The summed E-state index contributed by atoms with van der Waals surface area (Å²) in [7, 11) is -4.67. The van der Waals surface area contributed by atoms with Crippen LogP contribution in [-0.2, 0) is 33.9 Å². The molecule has 0 saturated carbocycles. The van der Waals surface area contributed by atoms with Crippen molar-refractivity contribution in [1.29, 1.82) is 0 Å². The molecule has 31 heavy (non-hydrogen) atoms. The van der Waals surface area contributed by atoms with Crippen molar-refractivity contribution in [3.05, 3.63) is 59.2 Å². The second-order valence-corrected chi connectivity index (χ2v) is 7.73. The van der Waals surface area contributed by atoms with Gasteiger partial charge in [-0.25, -0.2) is 0 Å². The summed E-state index contributed by atoms with van der Waals surface area (Å²) in [6, 6.07) is 13.3. The Balaban J connectivity index is 0.000000721. The molecule has 10 heteroatoms. The van der Waals surface area contributed by atoms with Crippen LogP contribution in [-0.4, -0.2) is 27.7 Å². The number of aryl methyl sites for hydroxylation is 3. The first-order valence-electron chi connectivity index (χ1n) is 9.16. The predicted octanol–water partition coefficient (Wildman–Crippen LogP) is 5.58. The molecular formula is C21H24CuN2O6S. The van der Waals surface area contributed by atoms with Crippen LogP contribution in [0.1, 0.15) is 30.0 Å². The minimum atomic E-state index is -4.67. The maximum Gasteiger partial charge on any atom is 0.394 e. The monoisotopic (exact) mass is 495 g/mol. The third kappa shape index (κ3) is 7.93. The van der Waals surface area contributed by atoms with Crippen LogP contribution >= 0.6 is 0 Å². The van der Waals surface area contributed by atoms with Crippen LogP contribution in [0.2, 0.25) is 0 Å². The molecule has 0 fully saturated rings. The number of azo groups is 1. The number of hydrogen-bond acceptors (Lipinski definition) is 6. The van der Waals surface area contributed by atoms with E-state index in [1.54, 1.807) is 6.07 Å². The van der Waals surface area contributed by atoms with E-state index in [0.29, 0.717) is 11.4 Å². The molecule has 0 atom stereocenters. The van der Waals surface area contributed by atoms with Crippen molar-refractivity contribution >= 4 is 32.5 Å². The third-order valence-corrected chi connectivity index (χ3v) is 4.27. The molecule has 3 aromatic rings. The van der Waals surface area contributed by atoms with E-state index in [4.69, 9.17) is 17.5 Å². The van der Waals surface area contributed by atoms with Gasteiger partial charge in [0.2, 0.25) is 0 Å². The molecular weight excluding hydrogens is 472 g/mol. The van der Waals surface area contributed by atoms with Gasteiger partial charge >= 0.3 is 10.4 Å². The Kier molecular flexibility index (Phi) is 9.61. The molecule has 1 radical (unpaired) electrons. The van der Waals surface area contributed by atoms with Crippen molar-refractivity contribution in [2.75, 3.05) is 0 Å². The van der Waals surface area contributed by atoms with E-state index < -0.39 is 10.4 Å². The molecule has 0 aliphatic rings. The van der Waals surface area contributed by atoms with Crippen LogP contribution in [0, 0.1) is 13.8 Å². The molecule has 0 aromatic heterocycles. The zero-order valence-electron chi connectivity index (χ0n) is 17.2. The molecule has 0 spiro atoms. The largest absolute Gasteiger partial charge is 0.506 e. The molecule has 0 aliphatic heterocycles. The number of nitrogens with zero attached hydrogens (tertiary/aromatic N) is 2. The Morgan fingerprint density at radius 2 is 1.58 bits per heavy atom. The summed E-state index contributed by atoms with van der Waals surface area (Å²) < 4.78 is 31.6. The number of phenols is 2. The third-order valence-electron chi connectivity index (χ3n) is 4.27. The molecule has 171 valence electrons. The summed E-state index contributed by atoms with van der Waals surface area (Å²) in [5.74, 6) is 0.195. The first-order valence-corrected chi connectivity index (χ1v) is 10.6. The van der Waals surface area contributed by atoms with Crippen molar-refractivity contribution in [3.63, 3.8) is 0 Å². The number of benzene rings is 3. The van der Waals surface area contributed by atoms with Crippen LogP contribution in [0.3, 0.4) is 0 Å². The molecule has 3 rings (SSSR count). The van der Waals surface area contributed by atoms with Gasteiger partial charge in [-0.2, -0.15) is 8.42 Å². The minimum Gasteiger partial charge on any atom is -0.506 e. The predicted molar refractivity (Wildman–Crippen MR) is 116 cm³/mol. The van der Waals surface area contributed by atoms with Crippen molar-refractivity contribution in [2.24, 2.45) is 10.2 Å². The zero-order chi connectivity index (χ0) is 22.5. The molecule has 0 bridgehead atoms. The van der Waals surface area contributed by atoms with Gasteiger partial charge in [-0.05, 0) is 55.0 Å². The van der Waals surface area contributed by atoms with Crippen LogP contribution in [0.4, 0.5) is 11.4 Å². The van der Waals surface area contributed by atoms with Crippen molar-refractivity contribution < 1.29 is 44.8 Å². The van der Waals surface area contributed by atoms with Gasteiger partial charge < -0.3 is 10.2 Å². The van der Waals surface area contributed by atoms with E-state index in [-0.39, 0.29) is 28.6 Å². The molecule has 0 unspecified atom stereocenters. The average Bonchev–Trinajstić information content (AvgIpc) is 2.63. The Morgan fingerprint density at radius 1 is 0.935 bits per heavy atom. The van der Waals surface area contributed by atoms with E-state index in [1.807, 2.05) is 44.2 Å².